The van der Waals surface area contributed by atoms with E-state index in [-0.39, 0.29) is 16.7 Å². The number of rotatable bonds is 6. The largest absolute Gasteiger partial charge is 0.337 e. The maximum atomic E-state index is 12.7. The second-order valence-electron chi connectivity index (χ2n) is 6.89. The van der Waals surface area contributed by atoms with Gasteiger partial charge in [0.15, 0.2) is 0 Å². The van der Waals surface area contributed by atoms with Crippen LogP contribution in [0.1, 0.15) is 36.8 Å². The van der Waals surface area contributed by atoms with Gasteiger partial charge in [-0.3, -0.25) is 4.79 Å². The number of hydrogen-bond acceptors (Lipinski definition) is 4. The van der Waals surface area contributed by atoms with Gasteiger partial charge in [0.05, 0.1) is 22.8 Å². The topological polar surface area (TPSA) is 84.3 Å². The zero-order valence-corrected chi connectivity index (χ0v) is 15.5. The number of amides is 1. The molecule has 8 heteroatoms. The molecule has 3 heterocycles. The molecule has 1 atom stereocenters. The molecule has 7 nitrogen and oxygen atoms in total. The lowest BCUT2D eigenvalue weighted by Crippen LogP contribution is -2.32. The van der Waals surface area contributed by atoms with Crippen LogP contribution >= 0.6 is 0 Å². The Balaban J connectivity index is 1.53. The zero-order valence-electron chi connectivity index (χ0n) is 14.7. The first-order chi connectivity index (χ1) is 12.5. The van der Waals surface area contributed by atoms with E-state index in [0.717, 1.165) is 36.2 Å². The first-order valence-electron chi connectivity index (χ1n) is 8.91. The van der Waals surface area contributed by atoms with Gasteiger partial charge < -0.3 is 9.47 Å². The number of carbonyl (C=O) groups excluding carboxylic acids is 1. The fourth-order valence-corrected chi connectivity index (χ4v) is 4.95. The summed E-state index contributed by atoms with van der Waals surface area (Å²) in [4.78, 5) is 18.5. The zero-order chi connectivity index (χ0) is 18.3. The van der Waals surface area contributed by atoms with Gasteiger partial charge in [0.25, 0.3) is 0 Å². The van der Waals surface area contributed by atoms with Crippen molar-refractivity contribution in [1.82, 2.24) is 14.3 Å². The summed E-state index contributed by atoms with van der Waals surface area (Å²) in [5.41, 5.74) is 2.74. The molecule has 0 aliphatic carbocycles. The molecule has 2 aromatic rings. The summed E-state index contributed by atoms with van der Waals surface area (Å²) in [6.45, 7) is 3.64. The van der Waals surface area contributed by atoms with Crippen LogP contribution in [0.25, 0.3) is 0 Å². The predicted molar refractivity (Wildman–Crippen MR) is 97.6 cm³/mol. The Kier molecular flexibility index (Phi) is 4.32. The summed E-state index contributed by atoms with van der Waals surface area (Å²) in [7, 11) is -3.59. The summed E-state index contributed by atoms with van der Waals surface area (Å²) in [5, 5.41) is 0. The Labute approximate surface area is 153 Å². The molecule has 1 aromatic heterocycles. The number of nitrogens with zero attached hydrogens (tertiary/aromatic N) is 3. The number of aryl methyl sites for hydroxylation is 2. The first kappa shape index (κ1) is 17.2. The molecule has 138 valence electrons. The van der Waals surface area contributed by atoms with Gasteiger partial charge in [-0.15, -0.1) is 0 Å². The molecule has 2 aliphatic rings. The van der Waals surface area contributed by atoms with Crippen LogP contribution in [0.3, 0.4) is 0 Å². The van der Waals surface area contributed by atoms with Crippen molar-refractivity contribution in [2.24, 2.45) is 0 Å². The number of aromatic nitrogens is 2. The van der Waals surface area contributed by atoms with Crippen molar-refractivity contribution < 1.29 is 13.2 Å². The highest BCUT2D eigenvalue weighted by atomic mass is 32.2. The van der Waals surface area contributed by atoms with Crippen molar-refractivity contribution >= 4 is 21.6 Å². The molecule has 0 spiro atoms. The molecule has 0 radical (unpaired) electrons. The van der Waals surface area contributed by atoms with Crippen LogP contribution in [0.4, 0.5) is 5.69 Å². The molecule has 4 rings (SSSR count). The van der Waals surface area contributed by atoms with Crippen LogP contribution in [-0.4, -0.2) is 37.0 Å². The summed E-state index contributed by atoms with van der Waals surface area (Å²) >= 11 is 0. The minimum Gasteiger partial charge on any atom is -0.337 e. The number of benzene rings is 1. The van der Waals surface area contributed by atoms with Crippen LogP contribution < -0.4 is 9.62 Å². The molecule has 0 saturated heterocycles. The second-order valence-corrected chi connectivity index (χ2v) is 8.65. The Morgan fingerprint density at radius 2 is 2.19 bits per heavy atom. The maximum Gasteiger partial charge on any atom is 0.240 e. The third-order valence-electron chi connectivity index (χ3n) is 5.15. The number of carbonyl (C=O) groups is 1. The molecule has 1 amide bonds. The highest BCUT2D eigenvalue weighted by Crippen LogP contribution is 2.43. The van der Waals surface area contributed by atoms with Gasteiger partial charge in [0, 0.05) is 32.0 Å². The Morgan fingerprint density at radius 3 is 2.96 bits per heavy atom. The molecule has 0 bridgehead atoms. The average Bonchev–Trinajstić information content (AvgIpc) is 3.23. The van der Waals surface area contributed by atoms with E-state index in [1.165, 1.54) is 0 Å². The second kappa shape index (κ2) is 6.51. The fraction of sp³-hybridized carbons (Fsp3) is 0.444. The predicted octanol–water partition coefficient (Wildman–Crippen LogP) is 1.65. The van der Waals surface area contributed by atoms with E-state index in [1.54, 1.807) is 24.7 Å². The number of nitrogens with one attached hydrogen (secondary N) is 1. The molecule has 26 heavy (non-hydrogen) atoms. The van der Waals surface area contributed by atoms with Gasteiger partial charge in [0.1, 0.15) is 0 Å². The van der Waals surface area contributed by atoms with Gasteiger partial charge in [-0.2, -0.15) is 0 Å². The number of imidazole rings is 1. The van der Waals surface area contributed by atoms with Crippen LogP contribution in [0.2, 0.25) is 0 Å². The molecule has 1 N–H and O–H groups in total. The normalized spacial score (nSPS) is 19.0. The fourth-order valence-electron chi connectivity index (χ4n) is 3.79. The number of anilines is 1. The SMILES string of the molecule is C[C@H]1C(=O)N2CCCc3cc(S(=O)(=O)NCCCn4ccnc4)cc1c32. The van der Waals surface area contributed by atoms with Gasteiger partial charge in [-0.25, -0.2) is 18.1 Å². The van der Waals surface area contributed by atoms with Crippen LogP contribution in [-0.2, 0) is 27.8 Å². The van der Waals surface area contributed by atoms with Gasteiger partial charge in [-0.1, -0.05) is 0 Å². The van der Waals surface area contributed by atoms with Gasteiger partial charge >= 0.3 is 0 Å². The highest BCUT2D eigenvalue weighted by molar-refractivity contribution is 7.89. The van der Waals surface area contributed by atoms with E-state index in [2.05, 4.69) is 9.71 Å². The first-order valence-corrected chi connectivity index (χ1v) is 10.4. The van der Waals surface area contributed by atoms with E-state index < -0.39 is 10.0 Å². The summed E-state index contributed by atoms with van der Waals surface area (Å²) in [5.74, 6) is -0.206. The molecule has 0 fully saturated rings. The molecular weight excluding hydrogens is 352 g/mol. The maximum absolute atomic E-state index is 12.7. The summed E-state index contributed by atoms with van der Waals surface area (Å²) < 4.78 is 30.0. The van der Waals surface area contributed by atoms with Crippen LogP contribution in [0, 0.1) is 0 Å². The minimum absolute atomic E-state index is 0.0730. The van der Waals surface area contributed by atoms with Crippen molar-refractivity contribution in [3.05, 3.63) is 42.0 Å². The van der Waals surface area contributed by atoms with Gasteiger partial charge in [0.2, 0.25) is 15.9 Å². The average molecular weight is 374 g/mol. The van der Waals surface area contributed by atoms with Crippen molar-refractivity contribution in [1.29, 1.82) is 0 Å². The van der Waals surface area contributed by atoms with Crippen LogP contribution in [0.15, 0.2) is 35.7 Å². The minimum atomic E-state index is -3.59. The van der Waals surface area contributed by atoms with Crippen LogP contribution in [0.5, 0.6) is 0 Å². The Bertz CT molecular complexity index is 938. The lowest BCUT2D eigenvalue weighted by molar-refractivity contribution is -0.119. The lowest BCUT2D eigenvalue weighted by Gasteiger charge is -2.26. The third kappa shape index (κ3) is 2.93. The van der Waals surface area contributed by atoms with E-state index in [9.17, 15) is 13.2 Å². The smallest absolute Gasteiger partial charge is 0.240 e. The van der Waals surface area contributed by atoms with E-state index in [0.29, 0.717) is 19.5 Å². The van der Waals surface area contributed by atoms with E-state index in [1.807, 2.05) is 22.6 Å². The molecular formula is C18H22N4O3S. The van der Waals surface area contributed by atoms with E-state index >= 15 is 0 Å². The summed E-state index contributed by atoms with van der Waals surface area (Å²) in [6.07, 6.45) is 7.62. The molecule has 2 aliphatic heterocycles. The van der Waals surface area contributed by atoms with Crippen molar-refractivity contribution in [2.75, 3.05) is 18.0 Å². The van der Waals surface area contributed by atoms with Crippen molar-refractivity contribution in [3.8, 4) is 0 Å². The Hall–Kier alpha value is -2.19. The number of hydrogen-bond donors (Lipinski definition) is 1. The van der Waals surface area contributed by atoms with E-state index in [4.69, 9.17) is 0 Å². The molecule has 0 saturated carbocycles. The monoisotopic (exact) mass is 374 g/mol. The third-order valence-corrected chi connectivity index (χ3v) is 6.59. The summed E-state index contributed by atoms with van der Waals surface area (Å²) in [6, 6.07) is 3.40. The number of sulfonamides is 1. The molecule has 0 unspecified atom stereocenters. The molecule has 1 aromatic carbocycles. The van der Waals surface area contributed by atoms with Gasteiger partial charge in [-0.05, 0) is 49.4 Å². The quantitative estimate of drug-likeness (QED) is 0.779. The standard InChI is InChI=1S/C18H22N4O3S/c1-13-16-11-15(10-14-4-2-8-22(17(14)16)18(13)23)26(24,25)20-5-3-7-21-9-6-19-12-21/h6,9-13,20H,2-5,7-8H2,1H3/t13-/m1/s1. The van der Waals surface area contributed by atoms with Crippen molar-refractivity contribution in [2.45, 2.75) is 43.5 Å². The Morgan fingerprint density at radius 1 is 1.35 bits per heavy atom. The lowest BCUT2D eigenvalue weighted by atomic mass is 9.97. The highest BCUT2D eigenvalue weighted by Gasteiger charge is 2.38. The van der Waals surface area contributed by atoms with Crippen molar-refractivity contribution in [3.63, 3.8) is 0 Å².